The molecule has 1 heterocycles. The third-order valence-corrected chi connectivity index (χ3v) is 6.18. The molecule has 2 fully saturated rings. The van der Waals surface area contributed by atoms with Crippen LogP contribution in [-0.4, -0.2) is 54.5 Å². The maximum Gasteiger partial charge on any atom is 0.304 e. The second-order valence-corrected chi connectivity index (χ2v) is 8.16. The first kappa shape index (κ1) is 14.8. The van der Waals surface area contributed by atoms with Crippen LogP contribution in [0.2, 0.25) is 0 Å². The number of carboxylic acids is 1. The van der Waals surface area contributed by atoms with E-state index in [1.165, 1.54) is 6.42 Å². The van der Waals surface area contributed by atoms with Crippen LogP contribution in [0.25, 0.3) is 0 Å². The number of rotatable bonds is 3. The summed E-state index contributed by atoms with van der Waals surface area (Å²) in [6, 6.07) is 0.00963. The Hall–Kier alpha value is -0.620. The Labute approximate surface area is 114 Å². The molecule has 1 aliphatic carbocycles. The Bertz CT molecular complexity index is 434. The van der Waals surface area contributed by atoms with Gasteiger partial charge in [0.25, 0.3) is 0 Å². The average Bonchev–Trinajstić information content (AvgIpc) is 2.29. The van der Waals surface area contributed by atoms with Crippen molar-refractivity contribution in [2.24, 2.45) is 5.92 Å². The Kier molecular flexibility index (Phi) is 4.50. The maximum atomic E-state index is 11.7. The lowest BCUT2D eigenvalue weighted by Gasteiger charge is -2.44. The molecule has 1 saturated carbocycles. The average molecular weight is 289 g/mol. The van der Waals surface area contributed by atoms with Crippen LogP contribution in [0.15, 0.2) is 0 Å². The number of carboxylic acid groups (broad SMARTS) is 1. The molecule has 0 aromatic heterocycles. The fraction of sp³-hybridized carbons (Fsp3) is 0.923. The third-order valence-electron chi connectivity index (χ3n) is 4.48. The van der Waals surface area contributed by atoms with Gasteiger partial charge in [0.1, 0.15) is 0 Å². The van der Waals surface area contributed by atoms with Gasteiger partial charge in [-0.1, -0.05) is 19.8 Å². The lowest BCUT2D eigenvalue weighted by molar-refractivity contribution is -0.138. The summed E-state index contributed by atoms with van der Waals surface area (Å²) in [6.45, 7) is 2.69. The summed E-state index contributed by atoms with van der Waals surface area (Å²) in [7, 11) is -3.07. The molecule has 2 aliphatic rings. The van der Waals surface area contributed by atoms with Crippen molar-refractivity contribution < 1.29 is 18.3 Å². The number of hydrogen-bond donors (Lipinski definition) is 1. The van der Waals surface area contributed by atoms with Crippen molar-refractivity contribution in [1.82, 2.24) is 4.90 Å². The second kappa shape index (κ2) is 5.79. The first-order chi connectivity index (χ1) is 8.89. The zero-order chi connectivity index (χ0) is 14.0. The standard InChI is InChI=1S/C13H23NO4S/c1-10-4-2-3-5-12(10)14-6-7-19(17,18)9-11(14)8-13(15)16/h10-12H,2-9H2,1H3,(H,15,16). The van der Waals surface area contributed by atoms with Gasteiger partial charge < -0.3 is 5.11 Å². The molecule has 3 unspecified atom stereocenters. The van der Waals surface area contributed by atoms with Gasteiger partial charge in [-0.2, -0.15) is 0 Å². The fourth-order valence-electron chi connectivity index (χ4n) is 3.50. The predicted molar refractivity (Wildman–Crippen MR) is 72.8 cm³/mol. The lowest BCUT2D eigenvalue weighted by Crippen LogP contribution is -2.55. The van der Waals surface area contributed by atoms with Gasteiger partial charge in [0.05, 0.1) is 17.9 Å². The first-order valence-electron chi connectivity index (χ1n) is 7.07. The van der Waals surface area contributed by atoms with Crippen molar-refractivity contribution >= 4 is 15.8 Å². The van der Waals surface area contributed by atoms with Gasteiger partial charge in [0.2, 0.25) is 0 Å². The first-order valence-corrected chi connectivity index (χ1v) is 8.89. The molecule has 3 atom stereocenters. The van der Waals surface area contributed by atoms with Crippen molar-refractivity contribution in [2.45, 2.75) is 51.1 Å². The molecule has 0 spiro atoms. The number of carbonyl (C=O) groups is 1. The van der Waals surface area contributed by atoms with E-state index in [1.54, 1.807) is 0 Å². The summed E-state index contributed by atoms with van der Waals surface area (Å²) in [5.74, 6) is -0.198. The molecule has 1 aliphatic heterocycles. The van der Waals surface area contributed by atoms with Crippen LogP contribution >= 0.6 is 0 Å². The Morgan fingerprint density at radius 3 is 2.63 bits per heavy atom. The highest BCUT2D eigenvalue weighted by Crippen LogP contribution is 2.31. The fourth-order valence-corrected chi connectivity index (χ4v) is 5.05. The summed E-state index contributed by atoms with van der Waals surface area (Å²) in [4.78, 5) is 13.1. The van der Waals surface area contributed by atoms with Crippen molar-refractivity contribution in [2.75, 3.05) is 18.1 Å². The molecule has 0 aromatic carbocycles. The molecular weight excluding hydrogens is 266 g/mol. The van der Waals surface area contributed by atoms with Gasteiger partial charge in [0.15, 0.2) is 9.84 Å². The molecule has 110 valence electrons. The van der Waals surface area contributed by atoms with E-state index in [-0.39, 0.29) is 24.0 Å². The largest absolute Gasteiger partial charge is 0.481 e. The number of hydrogen-bond acceptors (Lipinski definition) is 4. The van der Waals surface area contributed by atoms with Crippen LogP contribution < -0.4 is 0 Å². The van der Waals surface area contributed by atoms with Gasteiger partial charge in [-0.05, 0) is 18.8 Å². The van der Waals surface area contributed by atoms with E-state index >= 15 is 0 Å². The molecular formula is C13H23NO4S. The number of aliphatic carboxylic acids is 1. The Morgan fingerprint density at radius 2 is 2.00 bits per heavy atom. The number of sulfone groups is 1. The van der Waals surface area contributed by atoms with Crippen LogP contribution in [-0.2, 0) is 14.6 Å². The zero-order valence-electron chi connectivity index (χ0n) is 11.4. The monoisotopic (exact) mass is 289 g/mol. The van der Waals surface area contributed by atoms with Crippen LogP contribution in [0.5, 0.6) is 0 Å². The minimum Gasteiger partial charge on any atom is -0.481 e. The van der Waals surface area contributed by atoms with E-state index in [1.807, 2.05) is 0 Å². The summed E-state index contributed by atoms with van der Waals surface area (Å²) >= 11 is 0. The SMILES string of the molecule is CC1CCCCC1N1CCS(=O)(=O)CC1CC(=O)O. The van der Waals surface area contributed by atoms with Crippen LogP contribution in [0.3, 0.4) is 0 Å². The van der Waals surface area contributed by atoms with E-state index in [0.29, 0.717) is 18.5 Å². The lowest BCUT2D eigenvalue weighted by atomic mass is 9.84. The van der Waals surface area contributed by atoms with E-state index in [0.717, 1.165) is 19.3 Å². The molecule has 6 heteroatoms. The van der Waals surface area contributed by atoms with Gasteiger partial charge >= 0.3 is 5.97 Å². The van der Waals surface area contributed by atoms with E-state index < -0.39 is 15.8 Å². The molecule has 0 radical (unpaired) electrons. The van der Waals surface area contributed by atoms with Crippen LogP contribution in [0.1, 0.15) is 39.0 Å². The molecule has 2 rings (SSSR count). The molecule has 1 saturated heterocycles. The summed E-state index contributed by atoms with van der Waals surface area (Å²) in [5.41, 5.74) is 0. The maximum absolute atomic E-state index is 11.7. The van der Waals surface area contributed by atoms with Crippen LogP contribution in [0.4, 0.5) is 0 Å². The van der Waals surface area contributed by atoms with Gasteiger partial charge in [0, 0.05) is 18.6 Å². The highest BCUT2D eigenvalue weighted by Gasteiger charge is 2.38. The summed E-state index contributed by atoms with van der Waals surface area (Å²) < 4.78 is 23.5. The van der Waals surface area contributed by atoms with Crippen molar-refractivity contribution in [1.29, 1.82) is 0 Å². The smallest absolute Gasteiger partial charge is 0.304 e. The van der Waals surface area contributed by atoms with E-state index in [9.17, 15) is 13.2 Å². The highest BCUT2D eigenvalue weighted by atomic mass is 32.2. The Balaban J connectivity index is 2.14. The molecule has 0 amide bonds. The predicted octanol–water partition coefficient (Wildman–Crippen LogP) is 1.14. The quantitative estimate of drug-likeness (QED) is 0.843. The summed E-state index contributed by atoms with van der Waals surface area (Å²) in [6.07, 6.45) is 4.55. The van der Waals surface area contributed by atoms with Gasteiger partial charge in [-0.25, -0.2) is 8.42 Å². The van der Waals surface area contributed by atoms with Crippen molar-refractivity contribution in [3.8, 4) is 0 Å². The van der Waals surface area contributed by atoms with Crippen molar-refractivity contribution in [3.63, 3.8) is 0 Å². The minimum absolute atomic E-state index is 0.00250. The molecule has 1 N–H and O–H groups in total. The molecule has 0 bridgehead atoms. The normalized spacial score (nSPS) is 35.9. The summed E-state index contributed by atoms with van der Waals surface area (Å²) in [5, 5.41) is 9.00. The van der Waals surface area contributed by atoms with E-state index in [2.05, 4.69) is 11.8 Å². The minimum atomic E-state index is -3.07. The van der Waals surface area contributed by atoms with Crippen molar-refractivity contribution in [3.05, 3.63) is 0 Å². The zero-order valence-corrected chi connectivity index (χ0v) is 12.2. The molecule has 19 heavy (non-hydrogen) atoms. The number of nitrogens with zero attached hydrogens (tertiary/aromatic N) is 1. The van der Waals surface area contributed by atoms with Gasteiger partial charge in [-0.3, -0.25) is 9.69 Å². The third kappa shape index (κ3) is 3.69. The highest BCUT2D eigenvalue weighted by molar-refractivity contribution is 7.91. The van der Waals surface area contributed by atoms with Gasteiger partial charge in [-0.15, -0.1) is 0 Å². The second-order valence-electron chi connectivity index (χ2n) is 5.93. The Morgan fingerprint density at radius 1 is 1.32 bits per heavy atom. The molecule has 5 nitrogen and oxygen atoms in total. The topological polar surface area (TPSA) is 74.7 Å². The van der Waals surface area contributed by atoms with Crippen LogP contribution in [0, 0.1) is 5.92 Å². The molecule has 0 aromatic rings. The van der Waals surface area contributed by atoms with E-state index in [4.69, 9.17) is 5.11 Å².